The Labute approximate surface area is 279 Å². The van der Waals surface area contributed by atoms with Gasteiger partial charge in [0.1, 0.15) is 24.7 Å². The van der Waals surface area contributed by atoms with Gasteiger partial charge in [-0.25, -0.2) is 0 Å². The van der Waals surface area contributed by atoms with Crippen molar-refractivity contribution in [2.24, 2.45) is 0 Å². The van der Waals surface area contributed by atoms with Gasteiger partial charge in [-0.05, 0) is 80.6 Å². The quantitative estimate of drug-likeness (QED) is 0.0959. The Balaban J connectivity index is 1.27. The van der Waals surface area contributed by atoms with E-state index in [1.165, 1.54) is 29.4 Å². The predicted octanol–water partition coefficient (Wildman–Crippen LogP) is 10.2. The van der Waals surface area contributed by atoms with Crippen molar-refractivity contribution in [3.63, 3.8) is 0 Å². The zero-order chi connectivity index (χ0) is 34.0. The van der Waals surface area contributed by atoms with Crippen LogP contribution in [0.15, 0.2) is 115 Å². The number of carbonyl (C=O) groups excluding carboxylic acids is 1. The zero-order valence-electron chi connectivity index (χ0n) is 28.5. The summed E-state index contributed by atoms with van der Waals surface area (Å²) in [7, 11) is 1.59. The van der Waals surface area contributed by atoms with Gasteiger partial charge >= 0.3 is 0 Å². The van der Waals surface area contributed by atoms with E-state index in [9.17, 15) is 9.90 Å². The van der Waals surface area contributed by atoms with E-state index in [1.54, 1.807) is 19.3 Å². The van der Waals surface area contributed by atoms with Crippen molar-refractivity contribution in [2.75, 3.05) is 7.11 Å². The number of aliphatic hydroxyl groups is 1. The third kappa shape index (κ3) is 10.8. The normalized spacial score (nSPS) is 12.4. The largest absolute Gasteiger partial charge is 0.508 e. The molecular formula is C42H46O5. The van der Waals surface area contributed by atoms with Crippen molar-refractivity contribution < 1.29 is 24.1 Å². The molecular weight excluding hydrogens is 584 g/mol. The molecule has 0 aromatic heterocycles. The maximum Gasteiger partial charge on any atom is 0.182 e. The third-order valence-corrected chi connectivity index (χ3v) is 7.68. The number of ether oxygens (including phenoxy) is 3. The van der Waals surface area contributed by atoms with Gasteiger partial charge < -0.3 is 19.3 Å². The second kappa shape index (κ2) is 15.5. The van der Waals surface area contributed by atoms with Crippen LogP contribution in [0.3, 0.4) is 0 Å². The molecule has 0 aliphatic rings. The maximum absolute atomic E-state index is 12.4. The Bertz CT molecular complexity index is 1710. The Morgan fingerprint density at radius 2 is 1.15 bits per heavy atom. The first-order valence-corrected chi connectivity index (χ1v) is 15.8. The highest BCUT2D eigenvalue weighted by Crippen LogP contribution is 2.30. The van der Waals surface area contributed by atoms with Crippen LogP contribution in [0.2, 0.25) is 0 Å². The number of hydrogen-bond acceptors (Lipinski definition) is 5. The molecule has 0 radical (unpaired) electrons. The molecule has 47 heavy (non-hydrogen) atoms. The Hall–Kier alpha value is -5.03. The Morgan fingerprint density at radius 3 is 1.68 bits per heavy atom. The summed E-state index contributed by atoms with van der Waals surface area (Å²) in [6, 6.07) is 29.9. The molecule has 0 atom stereocenters. The second-order valence-corrected chi connectivity index (χ2v) is 13.6. The number of allylic oxidation sites excluding steroid dienone is 3. The van der Waals surface area contributed by atoms with Crippen molar-refractivity contribution in [3.8, 4) is 17.2 Å². The summed E-state index contributed by atoms with van der Waals surface area (Å²) in [5.74, 6) is 1.46. The number of carbonyl (C=O) groups is 1. The Kier molecular flexibility index (Phi) is 11.5. The van der Waals surface area contributed by atoms with E-state index in [2.05, 4.69) is 90.1 Å². The molecule has 4 rings (SSSR count). The zero-order valence-corrected chi connectivity index (χ0v) is 28.5. The monoisotopic (exact) mass is 630 g/mol. The van der Waals surface area contributed by atoms with Crippen LogP contribution in [-0.4, -0.2) is 18.0 Å². The summed E-state index contributed by atoms with van der Waals surface area (Å²) in [6.07, 6.45) is 7.48. The van der Waals surface area contributed by atoms with E-state index in [-0.39, 0.29) is 22.4 Å². The molecule has 4 aromatic rings. The van der Waals surface area contributed by atoms with E-state index < -0.39 is 0 Å². The van der Waals surface area contributed by atoms with Crippen LogP contribution < -0.4 is 14.2 Å². The molecule has 0 unspecified atom stereocenters. The van der Waals surface area contributed by atoms with Crippen molar-refractivity contribution in [1.29, 1.82) is 0 Å². The number of ketones is 1. The SMILES string of the molecule is COc1cc(/C=C/C(O)=CC(=O)/C=C/c2ccc(OCc3ccc(C(C)(C)C)cc3)cc2)ccc1OCc1ccc(C(C)(C)C)cc1. The van der Waals surface area contributed by atoms with E-state index in [0.717, 1.165) is 28.0 Å². The highest BCUT2D eigenvalue weighted by atomic mass is 16.5. The van der Waals surface area contributed by atoms with Gasteiger partial charge in [0.2, 0.25) is 0 Å². The minimum atomic E-state index is -0.331. The van der Waals surface area contributed by atoms with Crippen molar-refractivity contribution >= 4 is 17.9 Å². The standard InChI is InChI=1S/C42H46O5/c1-41(2,3)34-17-8-32(9-18-34)28-46-38-23-14-30(15-24-38)12-21-36(43)27-37(44)22-13-31-16-25-39(40(26-31)45-7)47-29-33-10-19-35(20-11-33)42(4,5)6/h8-27,44H,28-29H2,1-7H3/b21-12+,22-13+,37-27?. The minimum absolute atomic E-state index is 0.101. The van der Waals surface area contributed by atoms with Crippen LogP contribution in [0.5, 0.6) is 17.2 Å². The van der Waals surface area contributed by atoms with Crippen molar-refractivity contribution in [2.45, 2.75) is 65.6 Å². The van der Waals surface area contributed by atoms with E-state index in [4.69, 9.17) is 14.2 Å². The highest BCUT2D eigenvalue weighted by Gasteiger charge is 2.14. The van der Waals surface area contributed by atoms with Gasteiger partial charge in [0.05, 0.1) is 7.11 Å². The lowest BCUT2D eigenvalue weighted by Crippen LogP contribution is -2.10. The Morgan fingerprint density at radius 1 is 0.638 bits per heavy atom. The van der Waals surface area contributed by atoms with Crippen LogP contribution >= 0.6 is 0 Å². The molecule has 0 saturated heterocycles. The number of methoxy groups -OCH3 is 1. The second-order valence-electron chi connectivity index (χ2n) is 13.6. The molecule has 0 spiro atoms. The van der Waals surface area contributed by atoms with Crippen molar-refractivity contribution in [3.05, 3.63) is 148 Å². The fourth-order valence-electron chi connectivity index (χ4n) is 4.71. The van der Waals surface area contributed by atoms with E-state index in [1.807, 2.05) is 42.5 Å². The van der Waals surface area contributed by atoms with Gasteiger partial charge in [0.15, 0.2) is 17.3 Å². The summed E-state index contributed by atoms with van der Waals surface area (Å²) < 4.78 is 17.5. The van der Waals surface area contributed by atoms with Gasteiger partial charge in [-0.3, -0.25) is 4.79 Å². The summed E-state index contributed by atoms with van der Waals surface area (Å²) in [5, 5.41) is 10.3. The van der Waals surface area contributed by atoms with Crippen LogP contribution in [0, 0.1) is 0 Å². The number of rotatable bonds is 12. The van der Waals surface area contributed by atoms with Crippen LogP contribution in [0.4, 0.5) is 0 Å². The molecule has 0 heterocycles. The van der Waals surface area contributed by atoms with Gasteiger partial charge in [0, 0.05) is 6.08 Å². The first-order valence-electron chi connectivity index (χ1n) is 15.8. The van der Waals surface area contributed by atoms with Gasteiger partial charge in [-0.15, -0.1) is 0 Å². The van der Waals surface area contributed by atoms with Crippen LogP contribution in [0.1, 0.15) is 74.9 Å². The lowest BCUT2D eigenvalue weighted by atomic mass is 9.87. The number of hydrogen-bond donors (Lipinski definition) is 1. The van der Waals surface area contributed by atoms with Gasteiger partial charge in [-0.1, -0.05) is 120 Å². The average Bonchev–Trinajstić information content (AvgIpc) is 3.04. The number of aliphatic hydroxyl groups excluding tert-OH is 1. The summed E-state index contributed by atoms with van der Waals surface area (Å²) in [6.45, 7) is 14.1. The summed E-state index contributed by atoms with van der Waals surface area (Å²) >= 11 is 0. The smallest absolute Gasteiger partial charge is 0.182 e. The van der Waals surface area contributed by atoms with Gasteiger partial charge in [-0.2, -0.15) is 0 Å². The van der Waals surface area contributed by atoms with E-state index >= 15 is 0 Å². The maximum atomic E-state index is 12.4. The third-order valence-electron chi connectivity index (χ3n) is 7.68. The molecule has 5 nitrogen and oxygen atoms in total. The fraction of sp³-hybridized carbons (Fsp3) is 0.262. The molecule has 5 heteroatoms. The molecule has 244 valence electrons. The van der Waals surface area contributed by atoms with Crippen LogP contribution in [-0.2, 0) is 28.8 Å². The van der Waals surface area contributed by atoms with Crippen molar-refractivity contribution in [1.82, 2.24) is 0 Å². The van der Waals surface area contributed by atoms with Gasteiger partial charge in [0.25, 0.3) is 0 Å². The topological polar surface area (TPSA) is 65.0 Å². The lowest BCUT2D eigenvalue weighted by Gasteiger charge is -2.19. The fourth-order valence-corrected chi connectivity index (χ4v) is 4.71. The minimum Gasteiger partial charge on any atom is -0.508 e. The first kappa shape index (κ1) is 34.8. The molecule has 1 N–H and O–H groups in total. The molecule has 0 saturated carbocycles. The molecule has 0 aliphatic carbocycles. The molecule has 0 aliphatic heterocycles. The average molecular weight is 631 g/mol. The highest BCUT2D eigenvalue weighted by molar-refractivity contribution is 6.02. The molecule has 0 amide bonds. The molecule has 0 bridgehead atoms. The molecule has 4 aromatic carbocycles. The predicted molar refractivity (Wildman–Crippen MR) is 192 cm³/mol. The first-order chi connectivity index (χ1) is 22.3. The number of benzene rings is 4. The lowest BCUT2D eigenvalue weighted by molar-refractivity contribution is -0.110. The molecule has 0 fully saturated rings. The van der Waals surface area contributed by atoms with E-state index in [0.29, 0.717) is 24.7 Å². The summed E-state index contributed by atoms with van der Waals surface area (Å²) in [5.41, 5.74) is 6.59. The summed E-state index contributed by atoms with van der Waals surface area (Å²) in [4.78, 5) is 12.4. The van der Waals surface area contributed by atoms with Crippen LogP contribution in [0.25, 0.3) is 12.2 Å².